The summed E-state index contributed by atoms with van der Waals surface area (Å²) in [4.78, 5) is 18.3. The van der Waals surface area contributed by atoms with E-state index < -0.39 is 6.10 Å². The van der Waals surface area contributed by atoms with E-state index in [0.29, 0.717) is 18.1 Å². The fourth-order valence-electron chi connectivity index (χ4n) is 2.98. The van der Waals surface area contributed by atoms with Crippen molar-refractivity contribution in [3.8, 4) is 0 Å². The summed E-state index contributed by atoms with van der Waals surface area (Å²) >= 11 is 0. The fraction of sp³-hybridized carbons (Fsp3) is 0.812. The summed E-state index contributed by atoms with van der Waals surface area (Å²) in [6.45, 7) is 3.98. The minimum Gasteiger partial charge on any atom is -0.388 e. The topological polar surface area (TPSA) is 88.7 Å². The first-order valence-corrected chi connectivity index (χ1v) is 8.23. The van der Waals surface area contributed by atoms with Crippen LogP contribution in [0, 0.1) is 0 Å². The minimum absolute atomic E-state index is 0.0323. The van der Waals surface area contributed by atoms with Gasteiger partial charge in [-0.1, -0.05) is 19.0 Å². The summed E-state index contributed by atoms with van der Waals surface area (Å²) in [7, 11) is 3.33. The predicted molar refractivity (Wildman–Crippen MR) is 83.9 cm³/mol. The third-order valence-corrected chi connectivity index (χ3v) is 4.51. The van der Waals surface area contributed by atoms with Crippen molar-refractivity contribution < 1.29 is 19.2 Å². The van der Waals surface area contributed by atoms with Crippen molar-refractivity contribution in [2.45, 2.75) is 70.1 Å². The maximum atomic E-state index is 12.4. The van der Waals surface area contributed by atoms with Crippen LogP contribution < -0.4 is 0 Å². The largest absolute Gasteiger partial charge is 0.388 e. The number of nitrogens with zero attached hydrogens (tertiary/aromatic N) is 3. The monoisotopic (exact) mass is 325 g/mol. The first-order valence-electron chi connectivity index (χ1n) is 8.23. The molecule has 0 saturated heterocycles. The average Bonchev–Trinajstić information content (AvgIpc) is 3.01. The number of carbonyl (C=O) groups is 1. The van der Waals surface area contributed by atoms with E-state index in [-0.39, 0.29) is 30.4 Å². The molecule has 0 aromatic carbocycles. The van der Waals surface area contributed by atoms with E-state index in [2.05, 4.69) is 10.1 Å². The maximum absolute atomic E-state index is 12.4. The zero-order chi connectivity index (χ0) is 17.0. The number of hydrogen-bond acceptors (Lipinski definition) is 6. The molecular weight excluding hydrogens is 298 g/mol. The van der Waals surface area contributed by atoms with Gasteiger partial charge in [-0.3, -0.25) is 4.79 Å². The van der Waals surface area contributed by atoms with Gasteiger partial charge in [0.1, 0.15) is 6.10 Å². The summed E-state index contributed by atoms with van der Waals surface area (Å²) in [5.74, 6) is 1.31. The van der Waals surface area contributed by atoms with Crippen molar-refractivity contribution in [1.29, 1.82) is 0 Å². The van der Waals surface area contributed by atoms with E-state index in [0.717, 1.165) is 19.3 Å². The highest BCUT2D eigenvalue weighted by Crippen LogP contribution is 2.25. The molecule has 1 saturated carbocycles. The number of likely N-dealkylation sites (N-methyl/N-ethyl adjacent to an activating group) is 1. The molecule has 7 heteroatoms. The van der Waals surface area contributed by atoms with Crippen molar-refractivity contribution in [2.24, 2.45) is 0 Å². The molecule has 0 aliphatic heterocycles. The third-order valence-electron chi connectivity index (χ3n) is 4.51. The molecule has 1 fully saturated rings. The van der Waals surface area contributed by atoms with Crippen LogP contribution >= 0.6 is 0 Å². The van der Waals surface area contributed by atoms with Crippen LogP contribution in [0.5, 0.6) is 0 Å². The highest BCUT2D eigenvalue weighted by Gasteiger charge is 2.35. The Kier molecular flexibility index (Phi) is 6.12. The zero-order valence-electron chi connectivity index (χ0n) is 14.4. The van der Waals surface area contributed by atoms with Crippen LogP contribution in [0.3, 0.4) is 0 Å². The Hall–Kier alpha value is -1.47. The molecule has 1 aliphatic carbocycles. The maximum Gasteiger partial charge on any atom is 0.227 e. The number of carbonyl (C=O) groups excluding carboxylic acids is 1. The second-order valence-corrected chi connectivity index (χ2v) is 6.47. The molecule has 1 aromatic rings. The van der Waals surface area contributed by atoms with Gasteiger partial charge >= 0.3 is 0 Å². The van der Waals surface area contributed by atoms with Crippen LogP contribution in [0.25, 0.3) is 0 Å². The summed E-state index contributed by atoms with van der Waals surface area (Å²) in [6, 6.07) is -0.199. The number of ether oxygens (including phenoxy) is 1. The number of hydrogen-bond donors (Lipinski definition) is 1. The van der Waals surface area contributed by atoms with E-state index >= 15 is 0 Å². The highest BCUT2D eigenvalue weighted by molar-refractivity contribution is 5.76. The second-order valence-electron chi connectivity index (χ2n) is 6.47. The zero-order valence-corrected chi connectivity index (χ0v) is 14.4. The lowest BCUT2D eigenvalue weighted by molar-refractivity contribution is -0.140. The highest BCUT2D eigenvalue weighted by atomic mass is 16.5. The van der Waals surface area contributed by atoms with Gasteiger partial charge in [-0.25, -0.2) is 0 Å². The first-order chi connectivity index (χ1) is 10.9. The predicted octanol–water partition coefficient (Wildman–Crippen LogP) is 1.51. The van der Waals surface area contributed by atoms with Crippen molar-refractivity contribution in [2.75, 3.05) is 14.2 Å². The Labute approximate surface area is 137 Å². The van der Waals surface area contributed by atoms with Crippen LogP contribution in [0.15, 0.2) is 4.52 Å². The van der Waals surface area contributed by atoms with Gasteiger partial charge in [0.15, 0.2) is 5.82 Å². The molecule has 0 bridgehead atoms. The van der Waals surface area contributed by atoms with Crippen molar-refractivity contribution >= 4 is 5.91 Å². The first kappa shape index (κ1) is 17.9. The number of amides is 1. The second kappa shape index (κ2) is 7.88. The average molecular weight is 325 g/mol. The summed E-state index contributed by atoms with van der Waals surface area (Å²) in [5.41, 5.74) is 0. The molecule has 0 radical (unpaired) electrons. The van der Waals surface area contributed by atoms with Crippen LogP contribution in [0.4, 0.5) is 0 Å². The summed E-state index contributed by atoms with van der Waals surface area (Å²) in [6.07, 6.45) is 2.43. The normalized spacial score (nSPS) is 24.9. The fourth-order valence-corrected chi connectivity index (χ4v) is 2.98. The van der Waals surface area contributed by atoms with Gasteiger partial charge in [0.25, 0.3) is 0 Å². The Morgan fingerprint density at radius 2 is 2.22 bits per heavy atom. The van der Waals surface area contributed by atoms with E-state index in [1.54, 1.807) is 19.1 Å². The number of aliphatic hydroxyl groups excluding tert-OH is 1. The van der Waals surface area contributed by atoms with Gasteiger partial charge in [0.05, 0.1) is 12.1 Å². The molecule has 1 N–H and O–H groups in total. The lowest BCUT2D eigenvalue weighted by Gasteiger charge is -2.39. The Balaban J connectivity index is 1.89. The van der Waals surface area contributed by atoms with Gasteiger partial charge in [0.2, 0.25) is 11.8 Å². The van der Waals surface area contributed by atoms with Gasteiger partial charge < -0.3 is 19.3 Å². The smallest absolute Gasteiger partial charge is 0.227 e. The van der Waals surface area contributed by atoms with Gasteiger partial charge in [-0.15, -0.1) is 0 Å². The van der Waals surface area contributed by atoms with Gasteiger partial charge in [0, 0.05) is 32.9 Å². The number of methoxy groups -OCH3 is 1. The van der Waals surface area contributed by atoms with E-state index in [1.807, 2.05) is 13.8 Å². The van der Waals surface area contributed by atoms with E-state index in [1.165, 1.54) is 0 Å². The Morgan fingerprint density at radius 3 is 2.83 bits per heavy atom. The standard InChI is InChI=1S/C16H27N3O4/c1-10(2)16-17-13(23-18-16)8-9-14(20)19(3)11-6-5-7-12(22-4)15(11)21/h10-12,15,21H,5-9H2,1-4H3/t11-,12-,15-/m1/s1. The van der Waals surface area contributed by atoms with E-state index in [9.17, 15) is 9.90 Å². The molecule has 1 heterocycles. The molecule has 23 heavy (non-hydrogen) atoms. The molecular formula is C16H27N3O4. The summed E-state index contributed by atoms with van der Waals surface area (Å²) < 4.78 is 10.5. The molecule has 0 spiro atoms. The number of aryl methyl sites for hydroxylation is 1. The molecule has 0 unspecified atom stereocenters. The van der Waals surface area contributed by atoms with Crippen LogP contribution in [-0.4, -0.2) is 58.5 Å². The van der Waals surface area contributed by atoms with Crippen LogP contribution in [0.1, 0.15) is 57.2 Å². The molecule has 1 amide bonds. The van der Waals surface area contributed by atoms with Crippen LogP contribution in [-0.2, 0) is 16.0 Å². The molecule has 1 aromatic heterocycles. The molecule has 1 aliphatic rings. The SMILES string of the molecule is CO[C@@H]1CCC[C@@H](N(C)C(=O)CCc2nc(C(C)C)no2)[C@H]1O. The molecule has 3 atom stereocenters. The quantitative estimate of drug-likeness (QED) is 0.853. The summed E-state index contributed by atoms with van der Waals surface area (Å²) in [5, 5.41) is 14.2. The number of rotatable bonds is 6. The molecule has 2 rings (SSSR count). The minimum atomic E-state index is -0.640. The van der Waals surface area contributed by atoms with Gasteiger partial charge in [-0.05, 0) is 19.3 Å². The molecule has 130 valence electrons. The lowest BCUT2D eigenvalue weighted by atomic mass is 9.89. The van der Waals surface area contributed by atoms with Gasteiger partial charge in [-0.2, -0.15) is 4.98 Å². The van der Waals surface area contributed by atoms with Crippen molar-refractivity contribution in [1.82, 2.24) is 15.0 Å². The lowest BCUT2D eigenvalue weighted by Crippen LogP contribution is -2.52. The number of aliphatic hydroxyl groups is 1. The molecule has 7 nitrogen and oxygen atoms in total. The van der Waals surface area contributed by atoms with Crippen molar-refractivity contribution in [3.05, 3.63) is 11.7 Å². The Bertz CT molecular complexity index is 517. The number of aromatic nitrogens is 2. The van der Waals surface area contributed by atoms with Crippen LogP contribution in [0.2, 0.25) is 0 Å². The Morgan fingerprint density at radius 1 is 1.48 bits per heavy atom. The van der Waals surface area contributed by atoms with Crippen molar-refractivity contribution in [3.63, 3.8) is 0 Å². The van der Waals surface area contributed by atoms with E-state index in [4.69, 9.17) is 9.26 Å². The third kappa shape index (κ3) is 4.29.